The van der Waals surface area contributed by atoms with Gasteiger partial charge in [-0.05, 0) is 67.6 Å². The second kappa shape index (κ2) is 9.63. The van der Waals surface area contributed by atoms with Crippen LogP contribution in [0.2, 0.25) is 0 Å². The van der Waals surface area contributed by atoms with E-state index in [4.69, 9.17) is 4.74 Å². The number of aliphatic hydroxyl groups is 1. The van der Waals surface area contributed by atoms with E-state index in [1.807, 2.05) is 0 Å². The molecule has 7 nitrogen and oxygen atoms in total. The molecule has 31 heavy (non-hydrogen) atoms. The molecule has 8 heteroatoms. The summed E-state index contributed by atoms with van der Waals surface area (Å²) in [6, 6.07) is 21.2. The molecule has 0 amide bonds. The van der Waals surface area contributed by atoms with Gasteiger partial charge < -0.3 is 15.2 Å². The zero-order valence-electron chi connectivity index (χ0n) is 17.2. The van der Waals surface area contributed by atoms with E-state index in [0.29, 0.717) is 22.7 Å². The molecule has 0 heterocycles. The number of benzene rings is 3. The smallest absolute Gasteiger partial charge is 0.264 e. The van der Waals surface area contributed by atoms with Crippen LogP contribution in [0.5, 0.6) is 5.75 Å². The van der Waals surface area contributed by atoms with Crippen LogP contribution in [0.1, 0.15) is 17.3 Å². The van der Waals surface area contributed by atoms with Gasteiger partial charge in [-0.1, -0.05) is 18.2 Å². The number of Topliss-reactive ketones (excluding diaryl/α,β-unsaturated/α-hetero) is 1. The second-order valence-electron chi connectivity index (χ2n) is 6.84. The van der Waals surface area contributed by atoms with Gasteiger partial charge in [-0.3, -0.25) is 9.10 Å². The highest BCUT2D eigenvalue weighted by Crippen LogP contribution is 2.26. The number of nitrogens with zero attached hydrogens (tertiary/aromatic N) is 1. The Morgan fingerprint density at radius 2 is 1.61 bits per heavy atom. The molecule has 0 aliphatic carbocycles. The maximum absolute atomic E-state index is 13.3. The highest BCUT2D eigenvalue weighted by atomic mass is 32.2. The minimum Gasteiger partial charge on any atom is -0.497 e. The van der Waals surface area contributed by atoms with E-state index >= 15 is 0 Å². The molecule has 0 aliphatic rings. The van der Waals surface area contributed by atoms with Crippen molar-refractivity contribution in [3.63, 3.8) is 0 Å². The van der Waals surface area contributed by atoms with Gasteiger partial charge in [0.1, 0.15) is 12.0 Å². The van der Waals surface area contributed by atoms with Crippen molar-refractivity contribution in [1.29, 1.82) is 0 Å². The molecule has 0 radical (unpaired) electrons. The van der Waals surface area contributed by atoms with Crippen LogP contribution >= 0.6 is 0 Å². The fourth-order valence-electron chi connectivity index (χ4n) is 3.01. The van der Waals surface area contributed by atoms with Gasteiger partial charge in [0.2, 0.25) is 0 Å². The van der Waals surface area contributed by atoms with E-state index in [9.17, 15) is 18.3 Å². The number of anilines is 2. The molecule has 1 unspecified atom stereocenters. The van der Waals surface area contributed by atoms with Crippen molar-refractivity contribution < 1.29 is 23.1 Å². The average molecular weight is 441 g/mol. The number of aliphatic hydroxyl groups excluding tert-OH is 1. The number of hydrogen-bond donors (Lipinski definition) is 2. The first-order chi connectivity index (χ1) is 14.8. The predicted molar refractivity (Wildman–Crippen MR) is 120 cm³/mol. The number of hydrogen-bond acceptors (Lipinski definition) is 6. The average Bonchev–Trinajstić information content (AvgIpc) is 2.78. The van der Waals surface area contributed by atoms with Crippen LogP contribution in [-0.2, 0) is 10.0 Å². The van der Waals surface area contributed by atoms with Crippen molar-refractivity contribution in [2.24, 2.45) is 0 Å². The summed E-state index contributed by atoms with van der Waals surface area (Å²) < 4.78 is 32.9. The number of methoxy groups -OCH3 is 1. The van der Waals surface area contributed by atoms with Crippen LogP contribution < -0.4 is 14.4 Å². The third-order valence-corrected chi connectivity index (χ3v) is 6.46. The van der Waals surface area contributed by atoms with E-state index in [1.54, 1.807) is 66.7 Å². The van der Waals surface area contributed by atoms with Gasteiger partial charge >= 0.3 is 0 Å². The van der Waals surface area contributed by atoms with Crippen molar-refractivity contribution in [3.8, 4) is 5.75 Å². The van der Waals surface area contributed by atoms with E-state index in [2.05, 4.69) is 5.32 Å². The molecule has 0 bridgehead atoms. The summed E-state index contributed by atoms with van der Waals surface area (Å²) in [5, 5.41) is 13.5. The fraction of sp³-hybridized carbons (Fsp3) is 0.174. The van der Waals surface area contributed by atoms with Gasteiger partial charge in [0.25, 0.3) is 10.0 Å². The third kappa shape index (κ3) is 5.42. The van der Waals surface area contributed by atoms with Gasteiger partial charge in [-0.15, -0.1) is 0 Å². The van der Waals surface area contributed by atoms with E-state index in [1.165, 1.54) is 26.2 Å². The fourth-order valence-corrected chi connectivity index (χ4v) is 4.50. The molecule has 0 saturated carbocycles. The summed E-state index contributed by atoms with van der Waals surface area (Å²) in [7, 11) is -2.40. The Bertz CT molecular complexity index is 1110. The van der Waals surface area contributed by atoms with Gasteiger partial charge in [0.15, 0.2) is 5.78 Å². The van der Waals surface area contributed by atoms with Crippen molar-refractivity contribution in [2.45, 2.75) is 18.0 Å². The molecule has 162 valence electrons. The van der Waals surface area contributed by atoms with Crippen LogP contribution in [-0.4, -0.2) is 39.2 Å². The number of rotatable bonds is 9. The van der Waals surface area contributed by atoms with E-state index in [0.717, 1.165) is 4.31 Å². The standard InChI is InChI=1S/C23H24N2O5S/c1-17(26)18-8-10-19(11-9-18)24-23(27)16-25(20-12-14-21(30-2)15-13-20)31(28,29)22-6-4-3-5-7-22/h3-15,23-24,27H,16H2,1-2H3. The summed E-state index contributed by atoms with van der Waals surface area (Å²) >= 11 is 0. The molecular weight excluding hydrogens is 416 g/mol. The van der Waals surface area contributed by atoms with Crippen LogP contribution in [0.3, 0.4) is 0 Å². The topological polar surface area (TPSA) is 95.9 Å². The van der Waals surface area contributed by atoms with Crippen molar-refractivity contribution in [1.82, 2.24) is 0 Å². The van der Waals surface area contributed by atoms with Crippen molar-refractivity contribution in [3.05, 3.63) is 84.4 Å². The number of ether oxygens (including phenoxy) is 1. The summed E-state index contributed by atoms with van der Waals surface area (Å²) in [6.45, 7) is 1.23. The Hall–Kier alpha value is -3.36. The normalized spacial score (nSPS) is 12.1. The summed E-state index contributed by atoms with van der Waals surface area (Å²) in [4.78, 5) is 11.5. The molecule has 3 aromatic rings. The van der Waals surface area contributed by atoms with E-state index in [-0.39, 0.29) is 17.2 Å². The molecule has 0 spiro atoms. The zero-order valence-corrected chi connectivity index (χ0v) is 18.0. The molecule has 3 rings (SSSR count). The maximum atomic E-state index is 13.3. The maximum Gasteiger partial charge on any atom is 0.264 e. The Labute approximate surface area is 182 Å². The number of carbonyl (C=O) groups is 1. The molecule has 2 N–H and O–H groups in total. The number of sulfonamides is 1. The van der Waals surface area contributed by atoms with Crippen LogP contribution in [0.15, 0.2) is 83.8 Å². The monoisotopic (exact) mass is 440 g/mol. The lowest BCUT2D eigenvalue weighted by molar-refractivity contribution is 0.101. The Balaban J connectivity index is 1.87. The molecule has 0 fully saturated rings. The SMILES string of the molecule is COc1ccc(N(CC(O)Nc2ccc(C(C)=O)cc2)S(=O)(=O)c2ccccc2)cc1. The lowest BCUT2D eigenvalue weighted by atomic mass is 10.1. The Morgan fingerprint density at radius 3 is 2.16 bits per heavy atom. The highest BCUT2D eigenvalue weighted by molar-refractivity contribution is 7.92. The Morgan fingerprint density at radius 1 is 1.00 bits per heavy atom. The third-order valence-electron chi connectivity index (χ3n) is 4.66. The molecule has 0 aromatic heterocycles. The van der Waals surface area contributed by atoms with Gasteiger partial charge in [-0.25, -0.2) is 8.42 Å². The largest absolute Gasteiger partial charge is 0.497 e. The Kier molecular flexibility index (Phi) is 6.94. The summed E-state index contributed by atoms with van der Waals surface area (Å²) in [5.74, 6) is 0.525. The van der Waals surface area contributed by atoms with Crippen molar-refractivity contribution in [2.75, 3.05) is 23.3 Å². The summed E-state index contributed by atoms with van der Waals surface area (Å²) in [5.41, 5.74) is 1.49. The first-order valence-corrected chi connectivity index (χ1v) is 11.0. The molecule has 3 aromatic carbocycles. The molecular formula is C23H24N2O5S. The first-order valence-electron chi connectivity index (χ1n) is 9.58. The minimum atomic E-state index is -3.93. The molecule has 1 atom stereocenters. The number of carbonyl (C=O) groups excluding carboxylic acids is 1. The second-order valence-corrected chi connectivity index (χ2v) is 8.70. The van der Waals surface area contributed by atoms with Crippen LogP contribution in [0.25, 0.3) is 0 Å². The first kappa shape index (κ1) is 22.3. The zero-order chi connectivity index (χ0) is 22.4. The minimum absolute atomic E-state index is 0.0632. The number of ketones is 1. The van der Waals surface area contributed by atoms with E-state index < -0.39 is 16.3 Å². The summed E-state index contributed by atoms with van der Waals surface area (Å²) in [6.07, 6.45) is -1.20. The predicted octanol–water partition coefficient (Wildman–Crippen LogP) is 3.52. The van der Waals surface area contributed by atoms with Gasteiger partial charge in [0.05, 0.1) is 24.2 Å². The molecule has 0 aliphatic heterocycles. The molecule has 0 saturated heterocycles. The highest BCUT2D eigenvalue weighted by Gasteiger charge is 2.27. The van der Waals surface area contributed by atoms with Gasteiger partial charge in [-0.2, -0.15) is 0 Å². The quantitative estimate of drug-likeness (QED) is 0.390. The number of nitrogens with one attached hydrogen (secondary N) is 1. The lowest BCUT2D eigenvalue weighted by Gasteiger charge is -2.27. The van der Waals surface area contributed by atoms with Crippen LogP contribution in [0.4, 0.5) is 11.4 Å². The van der Waals surface area contributed by atoms with Crippen LogP contribution in [0, 0.1) is 0 Å². The lowest BCUT2D eigenvalue weighted by Crippen LogP contribution is -2.40. The van der Waals surface area contributed by atoms with Gasteiger partial charge in [0, 0.05) is 11.3 Å². The van der Waals surface area contributed by atoms with Crippen molar-refractivity contribution >= 4 is 27.2 Å².